The van der Waals surface area contributed by atoms with Gasteiger partial charge in [0.15, 0.2) is 0 Å². The summed E-state index contributed by atoms with van der Waals surface area (Å²) in [5.41, 5.74) is 7.56. The molecule has 0 atom stereocenters. The van der Waals surface area contributed by atoms with E-state index in [1.165, 1.54) is 35.2 Å². The number of nitrogens with zero attached hydrogens (tertiary/aromatic N) is 1. The maximum absolute atomic E-state index is 12.8. The largest absolute Gasteiger partial charge is 0.366 e. The van der Waals surface area contributed by atoms with E-state index < -0.39 is 17.7 Å². The number of nitrogens with two attached hydrogens (primary N) is 1. The molecule has 0 radical (unpaired) electrons. The van der Waals surface area contributed by atoms with E-state index in [0.29, 0.717) is 11.3 Å². The Labute approximate surface area is 172 Å². The van der Waals surface area contributed by atoms with Crippen molar-refractivity contribution in [2.75, 3.05) is 5.32 Å². The second-order valence-corrected chi connectivity index (χ2v) is 6.84. The second kappa shape index (κ2) is 7.63. The molecule has 0 fully saturated rings. The third kappa shape index (κ3) is 3.56. The SMILES string of the molecule is NC(=O)c1ccc(NC(=O)c2ccc3c(c2)C(=O)N(Cc2ccccc2)C3=O)cc1. The number of benzene rings is 3. The molecule has 1 heterocycles. The predicted molar refractivity (Wildman–Crippen MR) is 110 cm³/mol. The normalized spacial score (nSPS) is 12.6. The van der Waals surface area contributed by atoms with Crippen LogP contribution in [0.3, 0.4) is 0 Å². The Balaban J connectivity index is 1.53. The topological polar surface area (TPSA) is 110 Å². The van der Waals surface area contributed by atoms with Crippen molar-refractivity contribution in [3.05, 3.63) is 101 Å². The summed E-state index contributed by atoms with van der Waals surface area (Å²) in [6.07, 6.45) is 0. The van der Waals surface area contributed by atoms with Crippen LogP contribution >= 0.6 is 0 Å². The summed E-state index contributed by atoms with van der Waals surface area (Å²) in [5.74, 6) is -1.81. The van der Waals surface area contributed by atoms with E-state index in [2.05, 4.69) is 5.32 Å². The summed E-state index contributed by atoms with van der Waals surface area (Å²) >= 11 is 0. The molecule has 30 heavy (non-hydrogen) atoms. The smallest absolute Gasteiger partial charge is 0.261 e. The lowest BCUT2D eigenvalue weighted by atomic mass is 10.1. The van der Waals surface area contributed by atoms with Crippen LogP contribution in [0.2, 0.25) is 0 Å². The lowest BCUT2D eigenvalue weighted by Gasteiger charge is -2.13. The van der Waals surface area contributed by atoms with Gasteiger partial charge in [-0.1, -0.05) is 30.3 Å². The van der Waals surface area contributed by atoms with Gasteiger partial charge in [0.05, 0.1) is 17.7 Å². The quantitative estimate of drug-likeness (QED) is 0.643. The van der Waals surface area contributed by atoms with Crippen molar-refractivity contribution in [3.63, 3.8) is 0 Å². The number of carbonyl (C=O) groups excluding carboxylic acids is 4. The molecule has 1 aliphatic heterocycles. The van der Waals surface area contributed by atoms with Crippen LogP contribution in [0.4, 0.5) is 5.69 Å². The number of hydrogen-bond acceptors (Lipinski definition) is 4. The fourth-order valence-electron chi connectivity index (χ4n) is 3.26. The van der Waals surface area contributed by atoms with Crippen molar-refractivity contribution in [1.29, 1.82) is 0 Å². The van der Waals surface area contributed by atoms with E-state index in [9.17, 15) is 19.2 Å². The molecule has 3 aromatic rings. The van der Waals surface area contributed by atoms with Gasteiger partial charge in [0, 0.05) is 16.8 Å². The van der Waals surface area contributed by atoms with Crippen molar-refractivity contribution >= 4 is 29.3 Å². The van der Waals surface area contributed by atoms with E-state index >= 15 is 0 Å². The van der Waals surface area contributed by atoms with Crippen LogP contribution in [0.5, 0.6) is 0 Å². The Hall–Kier alpha value is -4.26. The molecule has 0 unspecified atom stereocenters. The Kier molecular flexibility index (Phi) is 4.85. The van der Waals surface area contributed by atoms with E-state index in [4.69, 9.17) is 5.73 Å². The molecular formula is C23H17N3O4. The minimum atomic E-state index is -0.560. The van der Waals surface area contributed by atoms with E-state index in [1.54, 1.807) is 12.1 Å². The van der Waals surface area contributed by atoms with E-state index in [-0.39, 0.29) is 29.1 Å². The first-order valence-corrected chi connectivity index (χ1v) is 9.19. The molecule has 7 heteroatoms. The monoisotopic (exact) mass is 399 g/mol. The number of rotatable bonds is 5. The van der Waals surface area contributed by atoms with Crippen LogP contribution in [0.25, 0.3) is 0 Å². The molecule has 0 saturated heterocycles. The third-order valence-electron chi connectivity index (χ3n) is 4.84. The molecule has 0 aromatic heterocycles. The number of primary amides is 1. The summed E-state index contributed by atoms with van der Waals surface area (Å²) in [5, 5.41) is 2.69. The lowest BCUT2D eigenvalue weighted by Crippen LogP contribution is -2.29. The standard InChI is InChI=1S/C23H17N3O4/c24-20(27)15-6-9-17(10-7-15)25-21(28)16-8-11-18-19(12-16)23(30)26(22(18)29)13-14-4-2-1-3-5-14/h1-12H,13H2,(H2,24,27)(H,25,28). The first kappa shape index (κ1) is 19.1. The van der Waals surface area contributed by atoms with Crippen molar-refractivity contribution in [2.24, 2.45) is 5.73 Å². The van der Waals surface area contributed by atoms with Crippen molar-refractivity contribution in [1.82, 2.24) is 4.90 Å². The van der Waals surface area contributed by atoms with Gasteiger partial charge in [-0.2, -0.15) is 0 Å². The van der Waals surface area contributed by atoms with Gasteiger partial charge in [-0.05, 0) is 48.0 Å². The van der Waals surface area contributed by atoms with Crippen molar-refractivity contribution in [3.8, 4) is 0 Å². The average Bonchev–Trinajstić information content (AvgIpc) is 2.99. The van der Waals surface area contributed by atoms with Gasteiger partial charge in [0.25, 0.3) is 17.7 Å². The highest BCUT2D eigenvalue weighted by Gasteiger charge is 2.36. The zero-order valence-corrected chi connectivity index (χ0v) is 15.8. The zero-order chi connectivity index (χ0) is 21.3. The molecule has 7 nitrogen and oxygen atoms in total. The predicted octanol–water partition coefficient (Wildman–Crippen LogP) is 2.83. The molecule has 0 saturated carbocycles. The van der Waals surface area contributed by atoms with Gasteiger partial charge < -0.3 is 11.1 Å². The molecule has 148 valence electrons. The van der Waals surface area contributed by atoms with Crippen LogP contribution in [0.1, 0.15) is 47.0 Å². The summed E-state index contributed by atoms with van der Waals surface area (Å²) in [7, 11) is 0. The fourth-order valence-corrected chi connectivity index (χ4v) is 3.26. The number of fused-ring (bicyclic) bond motifs is 1. The van der Waals surface area contributed by atoms with Crippen molar-refractivity contribution < 1.29 is 19.2 Å². The number of amides is 4. The van der Waals surface area contributed by atoms with Gasteiger partial charge in [-0.3, -0.25) is 24.1 Å². The van der Waals surface area contributed by atoms with Crippen LogP contribution in [0.15, 0.2) is 72.8 Å². The zero-order valence-electron chi connectivity index (χ0n) is 15.8. The molecule has 3 N–H and O–H groups in total. The number of carbonyl (C=O) groups is 4. The van der Waals surface area contributed by atoms with Gasteiger partial charge in [-0.25, -0.2) is 0 Å². The maximum atomic E-state index is 12.8. The molecule has 1 aliphatic rings. The van der Waals surface area contributed by atoms with Gasteiger partial charge in [0.1, 0.15) is 0 Å². The molecule has 3 aromatic carbocycles. The molecule has 4 amide bonds. The Bertz CT molecular complexity index is 1170. The Morgan fingerprint density at radius 2 is 1.43 bits per heavy atom. The van der Waals surface area contributed by atoms with Crippen LogP contribution in [-0.4, -0.2) is 28.5 Å². The minimum Gasteiger partial charge on any atom is -0.366 e. The van der Waals surface area contributed by atoms with Crippen LogP contribution < -0.4 is 11.1 Å². The fraction of sp³-hybridized carbons (Fsp3) is 0.0435. The molecule has 4 rings (SSSR count). The summed E-state index contributed by atoms with van der Waals surface area (Å²) in [4.78, 5) is 50.3. The Morgan fingerprint density at radius 3 is 2.10 bits per heavy atom. The first-order chi connectivity index (χ1) is 14.4. The van der Waals surface area contributed by atoms with Gasteiger partial charge >= 0.3 is 0 Å². The minimum absolute atomic E-state index is 0.168. The summed E-state index contributed by atoms with van der Waals surface area (Å²) < 4.78 is 0. The number of anilines is 1. The van der Waals surface area contributed by atoms with Crippen LogP contribution in [-0.2, 0) is 6.54 Å². The Morgan fingerprint density at radius 1 is 0.800 bits per heavy atom. The highest BCUT2D eigenvalue weighted by atomic mass is 16.2. The van der Waals surface area contributed by atoms with E-state index in [1.807, 2.05) is 30.3 Å². The summed E-state index contributed by atoms with van der Waals surface area (Å²) in [6.45, 7) is 0.168. The molecule has 0 aliphatic carbocycles. The molecular weight excluding hydrogens is 382 g/mol. The lowest BCUT2D eigenvalue weighted by molar-refractivity contribution is 0.0642. The van der Waals surface area contributed by atoms with Gasteiger partial charge in [0.2, 0.25) is 5.91 Å². The second-order valence-electron chi connectivity index (χ2n) is 6.84. The number of hydrogen-bond donors (Lipinski definition) is 2. The highest BCUT2D eigenvalue weighted by molar-refractivity contribution is 6.22. The molecule has 0 spiro atoms. The number of nitrogens with one attached hydrogen (secondary N) is 1. The summed E-state index contributed by atoms with van der Waals surface area (Å²) in [6, 6.07) is 19.8. The first-order valence-electron chi connectivity index (χ1n) is 9.19. The van der Waals surface area contributed by atoms with Crippen LogP contribution in [0, 0.1) is 0 Å². The third-order valence-corrected chi connectivity index (χ3v) is 4.84. The highest BCUT2D eigenvalue weighted by Crippen LogP contribution is 2.26. The maximum Gasteiger partial charge on any atom is 0.261 e. The number of imide groups is 1. The molecule has 0 bridgehead atoms. The van der Waals surface area contributed by atoms with E-state index in [0.717, 1.165) is 5.56 Å². The average molecular weight is 399 g/mol. The van der Waals surface area contributed by atoms with Gasteiger partial charge in [-0.15, -0.1) is 0 Å². The van der Waals surface area contributed by atoms with Crippen molar-refractivity contribution in [2.45, 2.75) is 6.54 Å².